The molecule has 1 amide bonds. The predicted octanol–water partition coefficient (Wildman–Crippen LogP) is 4.45. The van der Waals surface area contributed by atoms with Gasteiger partial charge < -0.3 is 5.32 Å². The number of benzene rings is 2. The SMILES string of the molecule is Cc1cc(C)nc(NS(=O)(=O)c2ccc(NC(=O)c3c(Cl)cccc3Cl)cc2)n1. The minimum Gasteiger partial charge on any atom is -0.322 e. The van der Waals surface area contributed by atoms with E-state index < -0.39 is 15.9 Å². The molecule has 7 nitrogen and oxygen atoms in total. The topological polar surface area (TPSA) is 101 Å². The van der Waals surface area contributed by atoms with E-state index in [1.165, 1.54) is 24.3 Å². The number of carbonyl (C=O) groups excluding carboxylic acids is 1. The summed E-state index contributed by atoms with van der Waals surface area (Å²) < 4.78 is 27.5. The fourth-order valence-corrected chi connectivity index (χ4v) is 4.09. The molecular weight excluding hydrogens is 435 g/mol. The predicted molar refractivity (Wildman–Crippen MR) is 113 cm³/mol. The van der Waals surface area contributed by atoms with Crippen molar-refractivity contribution in [3.05, 3.63) is 75.5 Å². The summed E-state index contributed by atoms with van der Waals surface area (Å²) in [5.74, 6) is -0.508. The lowest BCUT2D eigenvalue weighted by atomic mass is 10.2. The van der Waals surface area contributed by atoms with E-state index in [-0.39, 0.29) is 26.5 Å². The average molecular weight is 451 g/mol. The molecule has 1 heterocycles. The molecule has 0 saturated heterocycles. The molecular formula is C19H16Cl2N4O3S. The van der Waals surface area contributed by atoms with Crippen molar-refractivity contribution in [3.63, 3.8) is 0 Å². The lowest BCUT2D eigenvalue weighted by Gasteiger charge is -2.10. The van der Waals surface area contributed by atoms with Crippen LogP contribution < -0.4 is 10.0 Å². The number of amides is 1. The zero-order chi connectivity index (χ0) is 21.2. The summed E-state index contributed by atoms with van der Waals surface area (Å²) in [6, 6.07) is 12.1. The van der Waals surface area contributed by atoms with Gasteiger partial charge in [0.1, 0.15) is 0 Å². The van der Waals surface area contributed by atoms with Gasteiger partial charge in [0.2, 0.25) is 5.95 Å². The van der Waals surface area contributed by atoms with Gasteiger partial charge in [-0.05, 0) is 56.3 Å². The first-order valence-corrected chi connectivity index (χ1v) is 10.6. The molecule has 0 bridgehead atoms. The third-order valence-corrected chi connectivity index (χ3v) is 5.79. The van der Waals surface area contributed by atoms with Gasteiger partial charge in [0, 0.05) is 17.1 Å². The Bertz CT molecular complexity index is 1140. The van der Waals surface area contributed by atoms with Crippen molar-refractivity contribution in [1.29, 1.82) is 0 Å². The normalized spacial score (nSPS) is 11.2. The van der Waals surface area contributed by atoms with E-state index in [2.05, 4.69) is 20.0 Å². The number of hydrogen-bond donors (Lipinski definition) is 2. The summed E-state index contributed by atoms with van der Waals surface area (Å²) in [7, 11) is -3.89. The van der Waals surface area contributed by atoms with Gasteiger partial charge in [-0.25, -0.2) is 23.1 Å². The number of halogens is 2. The highest BCUT2D eigenvalue weighted by atomic mass is 35.5. The molecule has 0 unspecified atom stereocenters. The molecule has 0 aliphatic rings. The van der Waals surface area contributed by atoms with Crippen LogP contribution in [0.2, 0.25) is 10.0 Å². The van der Waals surface area contributed by atoms with E-state index >= 15 is 0 Å². The van der Waals surface area contributed by atoms with Crippen molar-refractivity contribution in [2.45, 2.75) is 18.7 Å². The molecule has 0 fully saturated rings. The molecule has 29 heavy (non-hydrogen) atoms. The maximum atomic E-state index is 12.6. The number of aryl methyl sites for hydroxylation is 2. The Morgan fingerprint density at radius 2 is 1.48 bits per heavy atom. The standard InChI is InChI=1S/C19H16Cl2N4O3S/c1-11-10-12(2)23-19(22-11)25-29(27,28)14-8-6-13(7-9-14)24-18(26)17-15(20)4-3-5-16(17)21/h3-10H,1-2H3,(H,24,26)(H,22,23,25). The van der Waals surface area contributed by atoms with Gasteiger partial charge in [-0.1, -0.05) is 29.3 Å². The van der Waals surface area contributed by atoms with Gasteiger partial charge in [0.15, 0.2) is 0 Å². The largest absolute Gasteiger partial charge is 0.322 e. The Morgan fingerprint density at radius 3 is 2.03 bits per heavy atom. The fourth-order valence-electron chi connectivity index (χ4n) is 2.58. The second-order valence-electron chi connectivity index (χ2n) is 6.15. The first-order chi connectivity index (χ1) is 13.7. The molecule has 150 valence electrons. The maximum absolute atomic E-state index is 12.6. The molecule has 0 radical (unpaired) electrons. The van der Waals surface area contributed by atoms with Crippen LogP contribution in [0.5, 0.6) is 0 Å². The minimum absolute atomic E-state index is 0.00552. The van der Waals surface area contributed by atoms with Crippen LogP contribution in [0.15, 0.2) is 53.4 Å². The Morgan fingerprint density at radius 1 is 0.931 bits per heavy atom. The summed E-state index contributed by atoms with van der Waals surface area (Å²) >= 11 is 12.1. The van der Waals surface area contributed by atoms with Crippen LogP contribution in [0.4, 0.5) is 11.6 Å². The number of carbonyl (C=O) groups is 1. The molecule has 2 N–H and O–H groups in total. The Balaban J connectivity index is 1.78. The van der Waals surface area contributed by atoms with Gasteiger partial charge in [-0.2, -0.15) is 0 Å². The van der Waals surface area contributed by atoms with Gasteiger partial charge in [-0.15, -0.1) is 0 Å². The van der Waals surface area contributed by atoms with Crippen molar-refractivity contribution in [3.8, 4) is 0 Å². The zero-order valence-electron chi connectivity index (χ0n) is 15.4. The van der Waals surface area contributed by atoms with Gasteiger partial charge in [-0.3, -0.25) is 4.79 Å². The molecule has 0 spiro atoms. The summed E-state index contributed by atoms with van der Waals surface area (Å²) in [6.45, 7) is 3.49. The van der Waals surface area contributed by atoms with E-state index in [0.29, 0.717) is 17.1 Å². The lowest BCUT2D eigenvalue weighted by Crippen LogP contribution is -2.16. The van der Waals surface area contributed by atoms with Crippen molar-refractivity contribution in [2.24, 2.45) is 0 Å². The lowest BCUT2D eigenvalue weighted by molar-refractivity contribution is 0.102. The number of hydrogen-bond acceptors (Lipinski definition) is 5. The van der Waals surface area contributed by atoms with E-state index in [9.17, 15) is 13.2 Å². The van der Waals surface area contributed by atoms with E-state index in [4.69, 9.17) is 23.2 Å². The quantitative estimate of drug-likeness (QED) is 0.597. The summed E-state index contributed by atoms with van der Waals surface area (Å²) in [6.07, 6.45) is 0. The van der Waals surface area contributed by atoms with Crippen LogP contribution in [-0.2, 0) is 10.0 Å². The molecule has 1 aromatic heterocycles. The van der Waals surface area contributed by atoms with Gasteiger partial charge >= 0.3 is 0 Å². The van der Waals surface area contributed by atoms with Crippen molar-refractivity contribution >= 4 is 50.8 Å². The number of nitrogens with zero attached hydrogens (tertiary/aromatic N) is 2. The van der Waals surface area contributed by atoms with Crippen LogP contribution in [0.1, 0.15) is 21.7 Å². The van der Waals surface area contributed by atoms with Crippen LogP contribution in [0.25, 0.3) is 0 Å². The highest BCUT2D eigenvalue weighted by Crippen LogP contribution is 2.25. The third-order valence-electron chi connectivity index (χ3n) is 3.82. The Kier molecular flexibility index (Phi) is 6.07. The van der Waals surface area contributed by atoms with Crippen molar-refractivity contribution < 1.29 is 13.2 Å². The molecule has 0 aliphatic carbocycles. The second kappa shape index (κ2) is 8.36. The molecule has 10 heteroatoms. The molecule has 0 atom stereocenters. The summed E-state index contributed by atoms with van der Waals surface area (Å²) in [4.78, 5) is 20.5. The fraction of sp³-hybridized carbons (Fsp3) is 0.105. The number of sulfonamides is 1. The molecule has 3 aromatic rings. The first kappa shape index (κ1) is 21.0. The van der Waals surface area contributed by atoms with E-state index in [0.717, 1.165) is 0 Å². The Hall–Kier alpha value is -2.68. The van der Waals surface area contributed by atoms with Crippen LogP contribution in [-0.4, -0.2) is 24.3 Å². The van der Waals surface area contributed by atoms with Crippen molar-refractivity contribution in [2.75, 3.05) is 10.0 Å². The smallest absolute Gasteiger partial charge is 0.264 e. The summed E-state index contributed by atoms with van der Waals surface area (Å²) in [5.41, 5.74) is 1.81. The molecule has 0 aliphatic heterocycles. The Labute approximate surface area is 178 Å². The molecule has 0 saturated carbocycles. The highest BCUT2D eigenvalue weighted by molar-refractivity contribution is 7.92. The van der Waals surface area contributed by atoms with E-state index in [1.54, 1.807) is 38.1 Å². The number of nitrogens with one attached hydrogen (secondary N) is 2. The van der Waals surface area contributed by atoms with Gasteiger partial charge in [0.25, 0.3) is 15.9 Å². The zero-order valence-corrected chi connectivity index (χ0v) is 17.7. The third kappa shape index (κ3) is 5.03. The minimum atomic E-state index is -3.89. The second-order valence-corrected chi connectivity index (χ2v) is 8.65. The first-order valence-electron chi connectivity index (χ1n) is 8.36. The van der Waals surface area contributed by atoms with Crippen LogP contribution in [0.3, 0.4) is 0 Å². The molecule has 2 aromatic carbocycles. The maximum Gasteiger partial charge on any atom is 0.264 e. The average Bonchev–Trinajstić information content (AvgIpc) is 2.60. The number of rotatable bonds is 5. The summed E-state index contributed by atoms with van der Waals surface area (Å²) in [5, 5.41) is 3.06. The van der Waals surface area contributed by atoms with Crippen molar-refractivity contribution in [1.82, 2.24) is 9.97 Å². The monoisotopic (exact) mass is 450 g/mol. The van der Waals surface area contributed by atoms with Crippen LogP contribution in [0, 0.1) is 13.8 Å². The number of anilines is 2. The van der Waals surface area contributed by atoms with Gasteiger partial charge in [0.05, 0.1) is 20.5 Å². The van der Waals surface area contributed by atoms with E-state index in [1.807, 2.05) is 0 Å². The number of aromatic nitrogens is 2. The highest BCUT2D eigenvalue weighted by Gasteiger charge is 2.18. The van der Waals surface area contributed by atoms with Crippen LogP contribution >= 0.6 is 23.2 Å². The molecule has 3 rings (SSSR count).